The van der Waals surface area contributed by atoms with Crippen LogP contribution in [0.15, 0.2) is 35.2 Å². The summed E-state index contributed by atoms with van der Waals surface area (Å²) in [6, 6.07) is 7.98. The predicted molar refractivity (Wildman–Crippen MR) is 52.5 cm³/mol. The molecule has 0 aliphatic heterocycles. The van der Waals surface area contributed by atoms with Gasteiger partial charge in [-0.3, -0.25) is 0 Å². The van der Waals surface area contributed by atoms with Crippen LogP contribution in [-0.4, -0.2) is 16.7 Å². The van der Waals surface area contributed by atoms with Crippen LogP contribution < -0.4 is 5.73 Å². The maximum Gasteiger partial charge on any atom is 0.214 e. The first kappa shape index (κ1) is 8.90. The average Bonchev–Trinajstić information content (AvgIpc) is 2.71. The van der Waals surface area contributed by atoms with E-state index in [-0.39, 0.29) is 0 Å². The van der Waals surface area contributed by atoms with Crippen molar-refractivity contribution in [3.8, 4) is 11.4 Å². The monoisotopic (exact) mass is 189 g/mol. The smallest absolute Gasteiger partial charge is 0.214 e. The molecule has 72 valence electrons. The fourth-order valence-corrected chi connectivity index (χ4v) is 1.33. The topological polar surface area (TPSA) is 64.9 Å². The van der Waals surface area contributed by atoms with Crippen LogP contribution in [0.1, 0.15) is 5.56 Å². The van der Waals surface area contributed by atoms with E-state index in [0.717, 1.165) is 12.0 Å². The van der Waals surface area contributed by atoms with Crippen LogP contribution in [0.4, 0.5) is 0 Å². The standard InChI is InChI=1S/C10H11N3O/c11-5-4-8-2-1-3-9(6-8)10-12-7-14-13-10/h1-3,6-7H,4-5,11H2. The lowest BCUT2D eigenvalue weighted by Crippen LogP contribution is -2.02. The number of hydrogen-bond donors (Lipinski definition) is 1. The average molecular weight is 189 g/mol. The van der Waals surface area contributed by atoms with Crippen molar-refractivity contribution in [1.82, 2.24) is 10.1 Å². The van der Waals surface area contributed by atoms with E-state index in [1.165, 1.54) is 12.0 Å². The first-order chi connectivity index (χ1) is 6.90. The highest BCUT2D eigenvalue weighted by Gasteiger charge is 2.02. The van der Waals surface area contributed by atoms with Gasteiger partial charge < -0.3 is 10.3 Å². The highest BCUT2D eigenvalue weighted by atomic mass is 16.5. The van der Waals surface area contributed by atoms with Gasteiger partial charge in [-0.2, -0.15) is 4.98 Å². The minimum Gasteiger partial charge on any atom is -0.342 e. The van der Waals surface area contributed by atoms with Crippen LogP contribution in [0.25, 0.3) is 11.4 Å². The number of nitrogens with two attached hydrogens (primary N) is 1. The lowest BCUT2D eigenvalue weighted by molar-refractivity contribution is 0.419. The van der Waals surface area contributed by atoms with Crippen molar-refractivity contribution in [2.75, 3.05) is 6.54 Å². The van der Waals surface area contributed by atoms with Crippen molar-refractivity contribution in [3.05, 3.63) is 36.2 Å². The molecule has 4 heteroatoms. The Kier molecular flexibility index (Phi) is 2.55. The van der Waals surface area contributed by atoms with Crippen LogP contribution in [-0.2, 0) is 6.42 Å². The van der Waals surface area contributed by atoms with Gasteiger partial charge in [-0.1, -0.05) is 23.4 Å². The highest BCUT2D eigenvalue weighted by Crippen LogP contribution is 2.15. The van der Waals surface area contributed by atoms with Gasteiger partial charge in [0.2, 0.25) is 12.2 Å². The maximum absolute atomic E-state index is 5.48. The Balaban J connectivity index is 2.31. The van der Waals surface area contributed by atoms with Gasteiger partial charge in [0.25, 0.3) is 0 Å². The molecule has 1 aromatic carbocycles. The Bertz CT molecular complexity index is 398. The van der Waals surface area contributed by atoms with Gasteiger partial charge in [0.15, 0.2) is 0 Å². The van der Waals surface area contributed by atoms with Crippen molar-refractivity contribution in [2.24, 2.45) is 5.73 Å². The normalized spacial score (nSPS) is 10.4. The SMILES string of the molecule is NCCc1cccc(-c2ncon2)c1. The Morgan fingerprint density at radius 1 is 1.36 bits per heavy atom. The maximum atomic E-state index is 5.48. The summed E-state index contributed by atoms with van der Waals surface area (Å²) in [4.78, 5) is 3.98. The Labute approximate surface area is 81.7 Å². The molecule has 2 rings (SSSR count). The molecule has 4 nitrogen and oxygen atoms in total. The molecule has 0 atom stereocenters. The number of hydrogen-bond acceptors (Lipinski definition) is 4. The molecule has 2 aromatic rings. The summed E-state index contributed by atoms with van der Waals surface area (Å²) in [6.45, 7) is 0.649. The zero-order valence-electron chi connectivity index (χ0n) is 7.68. The molecular formula is C10H11N3O. The molecule has 0 saturated carbocycles. The summed E-state index contributed by atoms with van der Waals surface area (Å²) in [7, 11) is 0. The minimum atomic E-state index is 0.615. The Morgan fingerprint density at radius 3 is 3.00 bits per heavy atom. The second kappa shape index (κ2) is 4.02. The predicted octanol–water partition coefficient (Wildman–Crippen LogP) is 1.24. The van der Waals surface area contributed by atoms with Gasteiger partial charge in [-0.15, -0.1) is 0 Å². The number of aromatic nitrogens is 2. The molecule has 0 fully saturated rings. The summed E-state index contributed by atoms with van der Waals surface area (Å²) in [6.07, 6.45) is 2.19. The molecule has 0 bridgehead atoms. The molecular weight excluding hydrogens is 178 g/mol. The van der Waals surface area contributed by atoms with Crippen LogP contribution in [0, 0.1) is 0 Å². The van der Waals surface area contributed by atoms with Gasteiger partial charge in [-0.05, 0) is 24.6 Å². The molecule has 0 aliphatic rings. The molecule has 0 aliphatic carbocycles. The van der Waals surface area contributed by atoms with Gasteiger partial charge in [0, 0.05) is 5.56 Å². The van der Waals surface area contributed by atoms with Gasteiger partial charge in [-0.25, -0.2) is 0 Å². The second-order valence-corrected chi connectivity index (χ2v) is 2.99. The van der Waals surface area contributed by atoms with E-state index in [1.54, 1.807) is 0 Å². The molecule has 14 heavy (non-hydrogen) atoms. The lowest BCUT2D eigenvalue weighted by atomic mass is 10.1. The number of benzene rings is 1. The Morgan fingerprint density at radius 2 is 2.29 bits per heavy atom. The summed E-state index contributed by atoms with van der Waals surface area (Å²) < 4.78 is 4.68. The fourth-order valence-electron chi connectivity index (χ4n) is 1.33. The highest BCUT2D eigenvalue weighted by molar-refractivity contribution is 5.55. The lowest BCUT2D eigenvalue weighted by Gasteiger charge is -1.99. The molecule has 0 saturated heterocycles. The molecule has 2 N–H and O–H groups in total. The van der Waals surface area contributed by atoms with E-state index in [2.05, 4.69) is 14.7 Å². The summed E-state index contributed by atoms with van der Waals surface area (Å²) in [5, 5.41) is 3.77. The van der Waals surface area contributed by atoms with Gasteiger partial charge >= 0.3 is 0 Å². The van der Waals surface area contributed by atoms with Crippen molar-refractivity contribution in [1.29, 1.82) is 0 Å². The quantitative estimate of drug-likeness (QED) is 0.788. The van der Waals surface area contributed by atoms with Gasteiger partial charge in [0.1, 0.15) is 0 Å². The van der Waals surface area contributed by atoms with Crippen LogP contribution in [0.3, 0.4) is 0 Å². The minimum absolute atomic E-state index is 0.615. The zero-order valence-corrected chi connectivity index (χ0v) is 7.68. The van der Waals surface area contributed by atoms with E-state index in [0.29, 0.717) is 12.4 Å². The number of rotatable bonds is 3. The van der Waals surface area contributed by atoms with Crippen LogP contribution in [0.5, 0.6) is 0 Å². The summed E-state index contributed by atoms with van der Waals surface area (Å²) >= 11 is 0. The molecule has 0 unspecified atom stereocenters. The van der Waals surface area contributed by atoms with Crippen molar-refractivity contribution < 1.29 is 4.52 Å². The summed E-state index contributed by atoms with van der Waals surface area (Å²) in [5.74, 6) is 0.615. The number of nitrogens with zero attached hydrogens (tertiary/aromatic N) is 2. The van der Waals surface area contributed by atoms with Crippen molar-refractivity contribution in [3.63, 3.8) is 0 Å². The van der Waals surface area contributed by atoms with Gasteiger partial charge in [0.05, 0.1) is 0 Å². The van der Waals surface area contributed by atoms with Crippen LogP contribution in [0.2, 0.25) is 0 Å². The third-order valence-corrected chi connectivity index (χ3v) is 1.98. The van der Waals surface area contributed by atoms with E-state index in [4.69, 9.17) is 5.73 Å². The first-order valence-electron chi connectivity index (χ1n) is 4.46. The van der Waals surface area contributed by atoms with Crippen molar-refractivity contribution in [2.45, 2.75) is 6.42 Å². The molecule has 1 aromatic heterocycles. The first-order valence-corrected chi connectivity index (χ1v) is 4.46. The van der Waals surface area contributed by atoms with Crippen LogP contribution >= 0.6 is 0 Å². The van der Waals surface area contributed by atoms with E-state index in [9.17, 15) is 0 Å². The molecule has 1 heterocycles. The molecule has 0 spiro atoms. The third kappa shape index (κ3) is 1.80. The Hall–Kier alpha value is -1.68. The van der Waals surface area contributed by atoms with E-state index < -0.39 is 0 Å². The zero-order chi connectivity index (χ0) is 9.80. The molecule has 0 radical (unpaired) electrons. The largest absolute Gasteiger partial charge is 0.342 e. The second-order valence-electron chi connectivity index (χ2n) is 2.99. The van der Waals surface area contributed by atoms with E-state index >= 15 is 0 Å². The van der Waals surface area contributed by atoms with E-state index in [1.807, 2.05) is 24.3 Å². The fraction of sp³-hybridized carbons (Fsp3) is 0.200. The van der Waals surface area contributed by atoms with Crippen molar-refractivity contribution >= 4 is 0 Å². The third-order valence-electron chi connectivity index (χ3n) is 1.98. The summed E-state index contributed by atoms with van der Waals surface area (Å²) in [5.41, 5.74) is 7.63. The molecule has 0 amide bonds.